The molecule has 0 amide bonds. The van der Waals surface area contributed by atoms with E-state index in [1.54, 1.807) is 0 Å². The van der Waals surface area contributed by atoms with E-state index in [1.165, 1.54) is 12.8 Å². The van der Waals surface area contributed by atoms with Gasteiger partial charge in [0.2, 0.25) is 0 Å². The average Bonchev–Trinajstić information content (AvgIpc) is 2.90. The van der Waals surface area contributed by atoms with Crippen LogP contribution >= 0.6 is 0 Å². The van der Waals surface area contributed by atoms with Crippen molar-refractivity contribution < 1.29 is 9.90 Å². The van der Waals surface area contributed by atoms with Crippen LogP contribution in [-0.4, -0.2) is 16.5 Å². The molecular weight excluding hydrogens is 260 g/mol. The van der Waals surface area contributed by atoms with Gasteiger partial charge in [-0.2, -0.15) is 0 Å². The summed E-state index contributed by atoms with van der Waals surface area (Å²) in [6.07, 6.45) is 11.7. The van der Waals surface area contributed by atoms with Crippen molar-refractivity contribution in [1.82, 2.24) is 0 Å². The molecular formula is C19H30O2. The fourth-order valence-corrected chi connectivity index (χ4v) is 5.72. The van der Waals surface area contributed by atoms with Crippen molar-refractivity contribution in [3.8, 4) is 0 Å². The molecule has 0 heterocycles. The molecule has 0 radical (unpaired) electrons. The zero-order chi connectivity index (χ0) is 15.3. The van der Waals surface area contributed by atoms with Gasteiger partial charge >= 0.3 is 0 Å². The van der Waals surface area contributed by atoms with Crippen LogP contribution in [0.4, 0.5) is 0 Å². The van der Waals surface area contributed by atoms with E-state index in [0.717, 1.165) is 32.1 Å². The minimum absolute atomic E-state index is 0.250. The van der Waals surface area contributed by atoms with Gasteiger partial charge in [-0.3, -0.25) is 4.79 Å². The second-order valence-electron chi connectivity index (χ2n) is 8.46. The summed E-state index contributed by atoms with van der Waals surface area (Å²) in [6, 6.07) is 0. The number of rotatable bonds is 3. The van der Waals surface area contributed by atoms with Crippen molar-refractivity contribution in [2.45, 2.75) is 71.3 Å². The molecule has 21 heavy (non-hydrogen) atoms. The molecule has 1 unspecified atom stereocenters. The lowest BCUT2D eigenvalue weighted by molar-refractivity contribution is -0.130. The molecule has 6 atom stereocenters. The average molecular weight is 290 g/mol. The number of allylic oxidation sites excluding steroid dienone is 1. The van der Waals surface area contributed by atoms with E-state index in [4.69, 9.17) is 0 Å². The van der Waals surface area contributed by atoms with Crippen LogP contribution in [0, 0.1) is 29.1 Å². The first-order chi connectivity index (χ1) is 9.82. The Morgan fingerprint density at radius 3 is 2.81 bits per heavy atom. The topological polar surface area (TPSA) is 37.3 Å². The van der Waals surface area contributed by atoms with Gasteiger partial charge in [0.25, 0.3) is 0 Å². The first kappa shape index (κ1) is 15.3. The highest BCUT2D eigenvalue weighted by atomic mass is 16.3. The molecule has 2 heteroatoms. The van der Waals surface area contributed by atoms with Crippen LogP contribution in [0.15, 0.2) is 12.2 Å². The molecule has 2 nitrogen and oxygen atoms in total. The van der Waals surface area contributed by atoms with Gasteiger partial charge < -0.3 is 5.11 Å². The number of fused-ring (bicyclic) bond motifs is 1. The lowest BCUT2D eigenvalue weighted by Crippen LogP contribution is -2.39. The van der Waals surface area contributed by atoms with Crippen LogP contribution in [0.25, 0.3) is 0 Å². The third-order valence-electron chi connectivity index (χ3n) is 6.70. The smallest absolute Gasteiger partial charge is 0.136 e. The number of carbonyl (C=O) groups is 1. The molecule has 3 rings (SSSR count). The van der Waals surface area contributed by atoms with Gasteiger partial charge in [0.15, 0.2) is 0 Å². The molecule has 0 aromatic rings. The standard InChI is InChI=1S/C19H30O2/c1-13(11-14-8-10-18(2,21)12-14)15-6-7-16-17(20)5-4-9-19(15,16)3/h8,10,13-16,21H,4-7,9,11-12H2,1-3H3/t13-,14+,15-,16?,18-,19+/m1/s1. The van der Waals surface area contributed by atoms with Crippen molar-refractivity contribution in [2.75, 3.05) is 0 Å². The molecule has 0 saturated heterocycles. The van der Waals surface area contributed by atoms with Crippen molar-refractivity contribution in [3.63, 3.8) is 0 Å². The Bertz CT molecular complexity index is 450. The molecule has 2 saturated carbocycles. The Kier molecular flexibility index (Phi) is 3.80. The maximum absolute atomic E-state index is 12.2. The second-order valence-corrected chi connectivity index (χ2v) is 8.46. The summed E-state index contributed by atoms with van der Waals surface area (Å²) >= 11 is 0. The van der Waals surface area contributed by atoms with E-state index in [0.29, 0.717) is 29.5 Å². The zero-order valence-electron chi connectivity index (χ0n) is 13.8. The van der Waals surface area contributed by atoms with Crippen LogP contribution in [-0.2, 0) is 4.79 Å². The third-order valence-corrected chi connectivity index (χ3v) is 6.70. The highest BCUT2D eigenvalue weighted by molar-refractivity contribution is 5.83. The number of ketones is 1. The van der Waals surface area contributed by atoms with Gasteiger partial charge in [-0.25, -0.2) is 0 Å². The van der Waals surface area contributed by atoms with Crippen LogP contribution in [0.2, 0.25) is 0 Å². The number of Topliss-reactive ketones (excluding diaryl/α,β-unsaturated/α-hetero) is 1. The summed E-state index contributed by atoms with van der Waals surface area (Å²) in [7, 11) is 0. The predicted molar refractivity (Wildman–Crippen MR) is 84.8 cm³/mol. The number of hydrogen-bond donors (Lipinski definition) is 1. The molecule has 0 aromatic heterocycles. The molecule has 3 aliphatic carbocycles. The highest BCUT2D eigenvalue weighted by Gasteiger charge is 2.52. The lowest BCUT2D eigenvalue weighted by atomic mass is 9.61. The Balaban J connectivity index is 1.67. The lowest BCUT2D eigenvalue weighted by Gasteiger charge is -2.42. The number of carbonyl (C=O) groups excluding carboxylic acids is 1. The summed E-state index contributed by atoms with van der Waals surface area (Å²) in [5.74, 6) is 2.71. The number of hydrogen-bond acceptors (Lipinski definition) is 2. The Morgan fingerprint density at radius 1 is 1.38 bits per heavy atom. The number of aliphatic hydroxyl groups is 1. The predicted octanol–water partition coefficient (Wildman–Crippen LogP) is 4.13. The minimum Gasteiger partial charge on any atom is -0.386 e. The Hall–Kier alpha value is -0.630. The molecule has 3 aliphatic rings. The van der Waals surface area contributed by atoms with Gasteiger partial charge in [-0.05, 0) is 68.6 Å². The quantitative estimate of drug-likeness (QED) is 0.794. The van der Waals surface area contributed by atoms with Crippen LogP contribution < -0.4 is 0 Å². The summed E-state index contributed by atoms with van der Waals surface area (Å²) in [4.78, 5) is 12.2. The van der Waals surface area contributed by atoms with Crippen molar-refractivity contribution >= 4 is 5.78 Å². The molecule has 1 N–H and O–H groups in total. The summed E-state index contributed by atoms with van der Waals surface area (Å²) in [5, 5.41) is 10.1. The molecule has 2 fully saturated rings. The fourth-order valence-electron chi connectivity index (χ4n) is 5.72. The molecule has 0 aliphatic heterocycles. The van der Waals surface area contributed by atoms with E-state index in [-0.39, 0.29) is 5.41 Å². The minimum atomic E-state index is -0.604. The molecule has 0 spiro atoms. The summed E-state index contributed by atoms with van der Waals surface area (Å²) in [5.41, 5.74) is -0.354. The Morgan fingerprint density at radius 2 is 2.14 bits per heavy atom. The zero-order valence-corrected chi connectivity index (χ0v) is 13.8. The van der Waals surface area contributed by atoms with Gasteiger partial charge in [-0.15, -0.1) is 0 Å². The molecule has 0 aromatic carbocycles. The van der Waals surface area contributed by atoms with E-state index in [2.05, 4.69) is 19.9 Å². The Labute approximate surface area is 129 Å². The third kappa shape index (κ3) is 2.72. The first-order valence-electron chi connectivity index (χ1n) is 8.76. The monoisotopic (exact) mass is 290 g/mol. The second kappa shape index (κ2) is 5.22. The van der Waals surface area contributed by atoms with E-state index >= 15 is 0 Å². The fraction of sp³-hybridized carbons (Fsp3) is 0.842. The van der Waals surface area contributed by atoms with Crippen molar-refractivity contribution in [3.05, 3.63) is 12.2 Å². The normalized spacial score (nSPS) is 47.6. The van der Waals surface area contributed by atoms with Crippen LogP contribution in [0.3, 0.4) is 0 Å². The molecule has 0 bridgehead atoms. The van der Waals surface area contributed by atoms with Crippen LogP contribution in [0.1, 0.15) is 65.7 Å². The first-order valence-corrected chi connectivity index (χ1v) is 8.76. The molecule has 118 valence electrons. The SMILES string of the molecule is C[C@H](C[C@@H]1C=C[C@@](C)(O)C1)[C@H]1CCC2C(=O)CCC[C@]21C. The van der Waals surface area contributed by atoms with Gasteiger partial charge in [0.05, 0.1) is 5.60 Å². The maximum Gasteiger partial charge on any atom is 0.136 e. The van der Waals surface area contributed by atoms with E-state index in [9.17, 15) is 9.90 Å². The summed E-state index contributed by atoms with van der Waals surface area (Å²) in [6.45, 7) is 6.66. The van der Waals surface area contributed by atoms with E-state index < -0.39 is 5.60 Å². The van der Waals surface area contributed by atoms with Crippen molar-refractivity contribution in [1.29, 1.82) is 0 Å². The van der Waals surface area contributed by atoms with Gasteiger partial charge in [0, 0.05) is 12.3 Å². The summed E-state index contributed by atoms with van der Waals surface area (Å²) < 4.78 is 0. The van der Waals surface area contributed by atoms with Crippen molar-refractivity contribution in [2.24, 2.45) is 29.1 Å². The maximum atomic E-state index is 12.2. The largest absolute Gasteiger partial charge is 0.386 e. The van der Waals surface area contributed by atoms with E-state index in [1.807, 2.05) is 13.0 Å². The highest BCUT2D eigenvalue weighted by Crippen LogP contribution is 2.57. The van der Waals surface area contributed by atoms with Gasteiger partial charge in [-0.1, -0.05) is 26.0 Å². The van der Waals surface area contributed by atoms with Gasteiger partial charge in [0.1, 0.15) is 5.78 Å². The van der Waals surface area contributed by atoms with Crippen LogP contribution in [0.5, 0.6) is 0 Å².